The number of pyridine rings is 1. The Morgan fingerprint density at radius 2 is 1.86 bits per heavy atom. The molecule has 1 fully saturated rings. The summed E-state index contributed by atoms with van der Waals surface area (Å²) in [4.78, 5) is 24.0. The number of rotatable bonds is 5. The first kappa shape index (κ1) is 18.0. The summed E-state index contributed by atoms with van der Waals surface area (Å²) in [6.45, 7) is 0. The van der Waals surface area contributed by atoms with Gasteiger partial charge in [0.2, 0.25) is 0 Å². The minimum atomic E-state index is -0.958. The smallest absolute Gasteiger partial charge is 0.335 e. The van der Waals surface area contributed by atoms with Crippen molar-refractivity contribution in [3.63, 3.8) is 0 Å². The zero-order valence-corrected chi connectivity index (χ0v) is 15.2. The van der Waals surface area contributed by atoms with Crippen LogP contribution in [0.3, 0.4) is 0 Å². The average molecular weight is 379 g/mol. The van der Waals surface area contributed by atoms with Gasteiger partial charge in [-0.1, -0.05) is 0 Å². The van der Waals surface area contributed by atoms with E-state index < -0.39 is 5.97 Å². The minimum absolute atomic E-state index is 0.0726. The van der Waals surface area contributed by atoms with Crippen LogP contribution in [0.25, 0.3) is 11.0 Å². The molecule has 1 aliphatic carbocycles. The molecule has 0 spiro atoms. The largest absolute Gasteiger partial charge is 0.488 e. The van der Waals surface area contributed by atoms with Crippen LogP contribution >= 0.6 is 0 Å². The first-order chi connectivity index (χ1) is 13.6. The number of hydrogen-bond donors (Lipinski definition) is 3. The van der Waals surface area contributed by atoms with Gasteiger partial charge in [-0.2, -0.15) is 0 Å². The van der Waals surface area contributed by atoms with Crippen LogP contribution in [-0.4, -0.2) is 38.2 Å². The molecule has 4 N–H and O–H groups in total. The molecule has 1 aliphatic rings. The Kier molecular flexibility index (Phi) is 4.92. The molecular weight excluding hydrogens is 358 g/mol. The third-order valence-corrected chi connectivity index (χ3v) is 4.89. The number of aromatic nitrogens is 3. The third-order valence-electron chi connectivity index (χ3n) is 4.89. The Morgan fingerprint density at radius 3 is 2.64 bits per heavy atom. The fourth-order valence-electron chi connectivity index (χ4n) is 3.51. The van der Waals surface area contributed by atoms with Crippen molar-refractivity contribution >= 4 is 28.5 Å². The zero-order chi connectivity index (χ0) is 19.5. The maximum absolute atomic E-state index is 11.1. The predicted octanol–water partition coefficient (Wildman–Crippen LogP) is 3.11. The molecule has 28 heavy (non-hydrogen) atoms. The highest BCUT2D eigenvalue weighted by molar-refractivity contribution is 5.88. The van der Waals surface area contributed by atoms with Crippen LogP contribution in [0.4, 0.5) is 11.5 Å². The van der Waals surface area contributed by atoms with Gasteiger partial charge in [-0.15, -0.1) is 0 Å². The summed E-state index contributed by atoms with van der Waals surface area (Å²) < 4.78 is 6.19. The Balaban J connectivity index is 1.39. The van der Waals surface area contributed by atoms with Crippen molar-refractivity contribution in [2.24, 2.45) is 0 Å². The SMILES string of the molecule is Nc1cc(OC2CCC(Nc3cc(C(=O)O)ccn3)CC2)c2nccnc2c1. The van der Waals surface area contributed by atoms with E-state index in [1.807, 2.05) is 0 Å². The summed E-state index contributed by atoms with van der Waals surface area (Å²) in [5.74, 6) is 0.289. The zero-order valence-electron chi connectivity index (χ0n) is 15.2. The van der Waals surface area contributed by atoms with Crippen LogP contribution in [0.2, 0.25) is 0 Å². The second-order valence-electron chi connectivity index (χ2n) is 6.91. The maximum Gasteiger partial charge on any atom is 0.335 e. The summed E-state index contributed by atoms with van der Waals surface area (Å²) in [6.07, 6.45) is 8.39. The highest BCUT2D eigenvalue weighted by Gasteiger charge is 2.24. The number of carbonyl (C=O) groups is 1. The van der Waals surface area contributed by atoms with Gasteiger partial charge in [0.15, 0.2) is 0 Å². The highest BCUT2D eigenvalue weighted by atomic mass is 16.5. The number of carboxylic acids is 1. The van der Waals surface area contributed by atoms with Crippen molar-refractivity contribution < 1.29 is 14.6 Å². The molecule has 1 aromatic carbocycles. The van der Waals surface area contributed by atoms with E-state index in [1.54, 1.807) is 30.6 Å². The Hall–Kier alpha value is -3.42. The van der Waals surface area contributed by atoms with Crippen LogP contribution in [0.1, 0.15) is 36.0 Å². The molecule has 0 saturated heterocycles. The quantitative estimate of drug-likeness (QED) is 0.578. The number of nitrogens with zero attached hydrogens (tertiary/aromatic N) is 3. The van der Waals surface area contributed by atoms with Crippen LogP contribution in [0, 0.1) is 0 Å². The van der Waals surface area contributed by atoms with Gasteiger partial charge >= 0.3 is 5.97 Å². The second kappa shape index (κ2) is 7.67. The molecule has 144 valence electrons. The average Bonchev–Trinajstić information content (AvgIpc) is 2.69. The van der Waals surface area contributed by atoms with Crippen LogP contribution < -0.4 is 15.8 Å². The Bertz CT molecular complexity index is 1000. The molecule has 0 unspecified atom stereocenters. The maximum atomic E-state index is 11.1. The van der Waals surface area contributed by atoms with Gasteiger partial charge in [0.25, 0.3) is 0 Å². The lowest BCUT2D eigenvalue weighted by Crippen LogP contribution is -2.31. The molecule has 2 heterocycles. The molecule has 2 aromatic heterocycles. The van der Waals surface area contributed by atoms with Crippen molar-refractivity contribution in [1.82, 2.24) is 15.0 Å². The van der Waals surface area contributed by atoms with Crippen molar-refractivity contribution in [1.29, 1.82) is 0 Å². The number of nitrogens with one attached hydrogen (secondary N) is 1. The van der Waals surface area contributed by atoms with Crippen LogP contribution in [0.15, 0.2) is 42.9 Å². The monoisotopic (exact) mass is 379 g/mol. The first-order valence-corrected chi connectivity index (χ1v) is 9.21. The number of nitrogens with two attached hydrogens (primary N) is 1. The molecule has 0 amide bonds. The second-order valence-corrected chi connectivity index (χ2v) is 6.91. The van der Waals surface area contributed by atoms with E-state index in [4.69, 9.17) is 15.6 Å². The standard InChI is InChI=1S/C20H21N5O3/c21-13-10-16-19(24-8-7-22-16)17(11-13)28-15-3-1-14(2-4-15)25-18-9-12(20(26)27)5-6-23-18/h5-11,14-15H,1-4,21H2,(H,23,25)(H,26,27). The van der Waals surface area contributed by atoms with E-state index in [1.165, 1.54) is 12.3 Å². The number of fused-ring (bicyclic) bond motifs is 1. The Morgan fingerprint density at radius 1 is 1.07 bits per heavy atom. The van der Waals surface area contributed by atoms with E-state index in [9.17, 15) is 4.79 Å². The van der Waals surface area contributed by atoms with E-state index in [0.29, 0.717) is 22.8 Å². The van der Waals surface area contributed by atoms with E-state index >= 15 is 0 Å². The van der Waals surface area contributed by atoms with E-state index in [-0.39, 0.29) is 17.7 Å². The lowest BCUT2D eigenvalue weighted by atomic mass is 9.93. The summed E-state index contributed by atoms with van der Waals surface area (Å²) in [7, 11) is 0. The normalized spacial score (nSPS) is 19.3. The summed E-state index contributed by atoms with van der Waals surface area (Å²) >= 11 is 0. The number of aromatic carboxylic acids is 1. The fourth-order valence-corrected chi connectivity index (χ4v) is 3.51. The molecule has 0 radical (unpaired) electrons. The van der Waals surface area contributed by atoms with Gasteiger partial charge in [-0.3, -0.25) is 4.98 Å². The number of ether oxygens (including phenoxy) is 1. The Labute approximate surface area is 161 Å². The topological polar surface area (TPSA) is 123 Å². The van der Waals surface area contributed by atoms with Crippen molar-refractivity contribution in [3.8, 4) is 5.75 Å². The van der Waals surface area contributed by atoms with Crippen molar-refractivity contribution in [3.05, 3.63) is 48.4 Å². The number of hydrogen-bond acceptors (Lipinski definition) is 7. The van der Waals surface area contributed by atoms with Crippen molar-refractivity contribution in [2.75, 3.05) is 11.1 Å². The molecule has 1 saturated carbocycles. The van der Waals surface area contributed by atoms with Gasteiger partial charge in [-0.05, 0) is 43.9 Å². The molecule has 4 rings (SSSR count). The molecule has 0 atom stereocenters. The number of anilines is 2. The number of nitrogen functional groups attached to an aromatic ring is 1. The van der Waals surface area contributed by atoms with Crippen LogP contribution in [0.5, 0.6) is 5.75 Å². The van der Waals surface area contributed by atoms with Gasteiger partial charge in [-0.25, -0.2) is 14.8 Å². The lowest BCUT2D eigenvalue weighted by Gasteiger charge is -2.30. The summed E-state index contributed by atoms with van der Waals surface area (Å²) in [5, 5.41) is 12.4. The molecule has 8 heteroatoms. The predicted molar refractivity (Wildman–Crippen MR) is 105 cm³/mol. The third kappa shape index (κ3) is 3.95. The fraction of sp³-hybridized carbons (Fsp3) is 0.300. The van der Waals surface area contributed by atoms with E-state index in [2.05, 4.69) is 20.3 Å². The molecular formula is C20H21N5O3. The summed E-state index contributed by atoms with van der Waals surface area (Å²) in [6, 6.07) is 6.85. The number of carboxylic acid groups (broad SMARTS) is 1. The highest BCUT2D eigenvalue weighted by Crippen LogP contribution is 2.30. The van der Waals surface area contributed by atoms with Crippen LogP contribution in [-0.2, 0) is 0 Å². The minimum Gasteiger partial charge on any atom is -0.488 e. The van der Waals surface area contributed by atoms with E-state index in [0.717, 1.165) is 31.2 Å². The number of benzene rings is 1. The van der Waals surface area contributed by atoms with Gasteiger partial charge in [0.1, 0.15) is 17.1 Å². The molecule has 3 aromatic rings. The molecule has 8 nitrogen and oxygen atoms in total. The van der Waals surface area contributed by atoms with Crippen molar-refractivity contribution in [2.45, 2.75) is 37.8 Å². The molecule has 0 bridgehead atoms. The molecule has 0 aliphatic heterocycles. The lowest BCUT2D eigenvalue weighted by molar-refractivity contribution is 0.0697. The first-order valence-electron chi connectivity index (χ1n) is 9.21. The van der Waals surface area contributed by atoms with Gasteiger partial charge in [0.05, 0.1) is 17.2 Å². The summed E-state index contributed by atoms with van der Waals surface area (Å²) in [5.41, 5.74) is 8.22. The van der Waals surface area contributed by atoms with Gasteiger partial charge in [0, 0.05) is 36.4 Å². The van der Waals surface area contributed by atoms with Gasteiger partial charge < -0.3 is 20.9 Å².